The normalized spacial score (nSPS) is 16.4. The van der Waals surface area contributed by atoms with Crippen LogP contribution in [0.1, 0.15) is 22.1 Å². The smallest absolute Gasteiger partial charge is 0.280 e. The van der Waals surface area contributed by atoms with Crippen LogP contribution in [0.4, 0.5) is 0 Å². The van der Waals surface area contributed by atoms with E-state index >= 15 is 0 Å². The molecule has 1 amide bonds. The van der Waals surface area contributed by atoms with Crippen LogP contribution >= 0.6 is 22.9 Å². The largest absolute Gasteiger partial charge is 0.336 e. The molecule has 1 fully saturated rings. The Morgan fingerprint density at radius 1 is 1.21 bits per heavy atom. The second-order valence-electron chi connectivity index (χ2n) is 6.67. The molecule has 5 rings (SSSR count). The number of hydrogen-bond donors (Lipinski definition) is 0. The highest BCUT2D eigenvalue weighted by molar-refractivity contribution is 7.17. The Hall–Kier alpha value is -3.04. The van der Waals surface area contributed by atoms with Gasteiger partial charge in [-0.05, 0) is 18.6 Å². The van der Waals surface area contributed by atoms with Crippen LogP contribution in [0.2, 0.25) is 4.34 Å². The van der Waals surface area contributed by atoms with Crippen LogP contribution in [-0.2, 0) is 0 Å². The second kappa shape index (κ2) is 7.41. The molecule has 4 aromatic rings. The third kappa shape index (κ3) is 3.54. The summed E-state index contributed by atoms with van der Waals surface area (Å²) in [6, 6.07) is 13.1. The predicted octanol–water partition coefficient (Wildman–Crippen LogP) is 3.80. The lowest BCUT2D eigenvalue weighted by Crippen LogP contribution is -2.28. The SMILES string of the molecule is O=C(c1ccc(Cl)s1)N1CCC(n2cc(-c3nc(-c4ccccc4)no3)nn2)C1. The average molecular weight is 427 g/mol. The van der Waals surface area contributed by atoms with E-state index in [0.717, 1.165) is 12.0 Å². The van der Waals surface area contributed by atoms with Crippen LogP contribution in [0.5, 0.6) is 0 Å². The molecule has 1 saturated heterocycles. The van der Waals surface area contributed by atoms with Gasteiger partial charge >= 0.3 is 0 Å². The van der Waals surface area contributed by atoms with Crippen molar-refractivity contribution in [3.8, 4) is 23.0 Å². The van der Waals surface area contributed by atoms with Crippen LogP contribution in [0.15, 0.2) is 53.2 Å². The number of benzene rings is 1. The Balaban J connectivity index is 1.30. The highest BCUT2D eigenvalue weighted by Gasteiger charge is 2.30. The first kappa shape index (κ1) is 18.0. The molecule has 10 heteroatoms. The summed E-state index contributed by atoms with van der Waals surface area (Å²) in [4.78, 5) is 19.5. The van der Waals surface area contributed by atoms with Crippen LogP contribution in [0.3, 0.4) is 0 Å². The number of aromatic nitrogens is 5. The molecule has 1 aliphatic heterocycles. The lowest BCUT2D eigenvalue weighted by molar-refractivity contribution is 0.0791. The number of likely N-dealkylation sites (tertiary alicyclic amines) is 1. The van der Waals surface area contributed by atoms with Gasteiger partial charge < -0.3 is 9.42 Å². The molecule has 4 heterocycles. The summed E-state index contributed by atoms with van der Waals surface area (Å²) in [6.45, 7) is 1.23. The van der Waals surface area contributed by atoms with Crippen molar-refractivity contribution in [1.29, 1.82) is 0 Å². The first-order chi connectivity index (χ1) is 14.2. The third-order valence-corrected chi connectivity index (χ3v) is 6.02. The van der Waals surface area contributed by atoms with Crippen molar-refractivity contribution in [1.82, 2.24) is 30.0 Å². The minimum Gasteiger partial charge on any atom is -0.336 e. The standard InChI is InChI=1S/C19H15ClN6O2S/c20-16-7-6-15(29-16)19(27)25-9-8-13(10-25)26-11-14(22-24-26)18-21-17(23-28-18)12-4-2-1-3-5-12/h1-7,11,13H,8-10H2. The van der Waals surface area contributed by atoms with E-state index in [4.69, 9.17) is 16.1 Å². The van der Waals surface area contributed by atoms with E-state index in [-0.39, 0.29) is 11.9 Å². The zero-order chi connectivity index (χ0) is 19.8. The summed E-state index contributed by atoms with van der Waals surface area (Å²) < 4.78 is 7.72. The number of amides is 1. The summed E-state index contributed by atoms with van der Waals surface area (Å²) in [5.41, 5.74) is 1.38. The lowest BCUT2D eigenvalue weighted by Gasteiger charge is -2.15. The number of thiophene rings is 1. The molecule has 0 saturated carbocycles. The molecule has 0 spiro atoms. The first-order valence-electron chi connectivity index (χ1n) is 9.03. The quantitative estimate of drug-likeness (QED) is 0.493. The van der Waals surface area contributed by atoms with Gasteiger partial charge in [-0.2, -0.15) is 4.98 Å². The number of halogens is 1. The van der Waals surface area contributed by atoms with Gasteiger partial charge in [0.25, 0.3) is 11.8 Å². The maximum absolute atomic E-state index is 12.6. The van der Waals surface area contributed by atoms with E-state index in [9.17, 15) is 4.79 Å². The van der Waals surface area contributed by atoms with Gasteiger partial charge in [0.05, 0.1) is 21.5 Å². The number of carbonyl (C=O) groups is 1. The van der Waals surface area contributed by atoms with E-state index in [0.29, 0.717) is 39.7 Å². The van der Waals surface area contributed by atoms with Crippen molar-refractivity contribution in [3.05, 3.63) is 57.9 Å². The van der Waals surface area contributed by atoms with Gasteiger partial charge in [0.1, 0.15) is 0 Å². The summed E-state index contributed by atoms with van der Waals surface area (Å²) in [7, 11) is 0. The van der Waals surface area contributed by atoms with E-state index < -0.39 is 0 Å². The highest BCUT2D eigenvalue weighted by atomic mass is 35.5. The van der Waals surface area contributed by atoms with Crippen molar-refractivity contribution in [2.24, 2.45) is 0 Å². The van der Waals surface area contributed by atoms with Crippen molar-refractivity contribution >= 4 is 28.8 Å². The van der Waals surface area contributed by atoms with Crippen molar-refractivity contribution in [3.63, 3.8) is 0 Å². The van der Waals surface area contributed by atoms with Gasteiger partial charge in [-0.15, -0.1) is 16.4 Å². The molecule has 1 aromatic carbocycles. The van der Waals surface area contributed by atoms with Gasteiger partial charge in [-0.25, -0.2) is 4.68 Å². The van der Waals surface area contributed by atoms with Gasteiger partial charge in [-0.1, -0.05) is 52.3 Å². The molecular weight excluding hydrogens is 412 g/mol. The molecule has 146 valence electrons. The second-order valence-corrected chi connectivity index (χ2v) is 8.39. The monoisotopic (exact) mass is 426 g/mol. The molecule has 0 aliphatic carbocycles. The lowest BCUT2D eigenvalue weighted by atomic mass is 10.2. The minimum absolute atomic E-state index is 0.00542. The van der Waals surface area contributed by atoms with Crippen LogP contribution in [0, 0.1) is 0 Å². The fourth-order valence-electron chi connectivity index (χ4n) is 3.31. The van der Waals surface area contributed by atoms with Crippen LogP contribution < -0.4 is 0 Å². The zero-order valence-electron chi connectivity index (χ0n) is 15.1. The summed E-state index contributed by atoms with van der Waals surface area (Å²) >= 11 is 7.24. The number of rotatable bonds is 4. The maximum atomic E-state index is 12.6. The van der Waals surface area contributed by atoms with Crippen LogP contribution in [-0.4, -0.2) is 49.0 Å². The number of hydrogen-bond acceptors (Lipinski definition) is 7. The van der Waals surface area contributed by atoms with E-state index in [1.165, 1.54) is 11.3 Å². The van der Waals surface area contributed by atoms with Gasteiger partial charge in [-0.3, -0.25) is 4.79 Å². The molecule has 3 aromatic heterocycles. The van der Waals surface area contributed by atoms with E-state index in [2.05, 4.69) is 20.5 Å². The minimum atomic E-state index is -0.00542. The maximum Gasteiger partial charge on any atom is 0.280 e. The van der Waals surface area contributed by atoms with Gasteiger partial charge in [0.15, 0.2) is 5.69 Å². The Kier molecular flexibility index (Phi) is 4.61. The fourth-order valence-corrected chi connectivity index (χ4v) is 4.32. The number of nitrogens with zero attached hydrogens (tertiary/aromatic N) is 6. The Morgan fingerprint density at radius 3 is 2.86 bits per heavy atom. The van der Waals surface area contributed by atoms with Crippen molar-refractivity contribution < 1.29 is 9.32 Å². The average Bonchev–Trinajstić information content (AvgIpc) is 3.54. The molecule has 0 N–H and O–H groups in total. The molecule has 1 atom stereocenters. The Labute approximate surface area is 174 Å². The topological polar surface area (TPSA) is 89.9 Å². The fraction of sp³-hybridized carbons (Fsp3) is 0.211. The van der Waals surface area contributed by atoms with Crippen molar-refractivity contribution in [2.75, 3.05) is 13.1 Å². The van der Waals surface area contributed by atoms with E-state index in [1.807, 2.05) is 35.2 Å². The van der Waals surface area contributed by atoms with Gasteiger partial charge in [0, 0.05) is 18.7 Å². The molecule has 0 radical (unpaired) electrons. The van der Waals surface area contributed by atoms with Crippen LogP contribution in [0.25, 0.3) is 23.0 Å². The summed E-state index contributed by atoms with van der Waals surface area (Å²) in [6.07, 6.45) is 2.58. The number of carbonyl (C=O) groups excluding carboxylic acids is 1. The molecule has 29 heavy (non-hydrogen) atoms. The highest BCUT2D eigenvalue weighted by Crippen LogP contribution is 2.28. The summed E-state index contributed by atoms with van der Waals surface area (Å²) in [5.74, 6) is 0.811. The Bertz CT molecular complexity index is 1150. The molecule has 1 unspecified atom stereocenters. The molecule has 8 nitrogen and oxygen atoms in total. The predicted molar refractivity (Wildman–Crippen MR) is 108 cm³/mol. The molecule has 0 bridgehead atoms. The molecule has 1 aliphatic rings. The Morgan fingerprint density at radius 2 is 2.07 bits per heavy atom. The third-order valence-electron chi connectivity index (χ3n) is 4.80. The zero-order valence-corrected chi connectivity index (χ0v) is 16.7. The van der Waals surface area contributed by atoms with Gasteiger partial charge in [0.2, 0.25) is 5.82 Å². The van der Waals surface area contributed by atoms with E-state index in [1.54, 1.807) is 23.0 Å². The molecular formula is C19H15ClN6O2S. The van der Waals surface area contributed by atoms with Crippen molar-refractivity contribution in [2.45, 2.75) is 12.5 Å². The first-order valence-corrected chi connectivity index (χ1v) is 10.2. The summed E-state index contributed by atoms with van der Waals surface area (Å²) in [5, 5.41) is 12.4.